The Balaban J connectivity index is 1.78. The van der Waals surface area contributed by atoms with Crippen molar-refractivity contribution in [1.29, 1.82) is 0 Å². The molecule has 15 nitrogen and oxygen atoms in total. The van der Waals surface area contributed by atoms with Gasteiger partial charge in [0.15, 0.2) is 29.1 Å². The third-order valence-corrected chi connectivity index (χ3v) is 6.24. The van der Waals surface area contributed by atoms with E-state index in [1.54, 1.807) is 0 Å². The number of benzene rings is 2. The lowest BCUT2D eigenvalue weighted by Crippen LogP contribution is -2.63. The fourth-order valence-electron chi connectivity index (χ4n) is 4.55. The van der Waals surface area contributed by atoms with E-state index in [9.17, 15) is 39.3 Å². The molecule has 1 fully saturated rings. The van der Waals surface area contributed by atoms with Crippen molar-refractivity contribution in [2.45, 2.75) is 58.4 Å². The van der Waals surface area contributed by atoms with Gasteiger partial charge in [-0.25, -0.2) is 0 Å². The maximum Gasteiger partial charge on any atom is 0.303 e. The van der Waals surface area contributed by atoms with E-state index >= 15 is 0 Å². The highest BCUT2D eigenvalue weighted by atomic mass is 16.7. The highest BCUT2D eigenvalue weighted by molar-refractivity contribution is 5.86. The number of hydrogen-bond donors (Lipinski definition) is 3. The Hall–Kier alpha value is -5.31. The van der Waals surface area contributed by atoms with Crippen molar-refractivity contribution < 1.29 is 67.3 Å². The summed E-state index contributed by atoms with van der Waals surface area (Å²) in [4.78, 5) is 60.5. The Labute approximate surface area is 248 Å². The van der Waals surface area contributed by atoms with E-state index in [1.807, 2.05) is 0 Å². The van der Waals surface area contributed by atoms with E-state index in [0.717, 1.165) is 45.9 Å². The monoisotopic (exact) mass is 616 g/mol. The maximum absolute atomic E-state index is 12.9. The minimum atomic E-state index is -1.61. The molecule has 234 valence electrons. The SMILES string of the molecule is CC(=O)OC[C@H]1O[C@@H](Oc2cc(O)c3c(=O)cc(-c4ccc(O)c(O)c4)oc3c2)[C@H](OC(C)=O)[C@@H](OC(C)=O)[C@@H]1OC(C)=O. The van der Waals surface area contributed by atoms with Gasteiger partial charge in [-0.2, -0.15) is 0 Å². The van der Waals surface area contributed by atoms with Gasteiger partial charge in [0.25, 0.3) is 0 Å². The minimum Gasteiger partial charge on any atom is -0.507 e. The molecule has 1 saturated heterocycles. The molecule has 15 heteroatoms. The number of carbonyl (C=O) groups is 4. The Morgan fingerprint density at radius 3 is 2.00 bits per heavy atom. The number of aromatic hydroxyl groups is 3. The molecule has 4 rings (SSSR count). The molecule has 2 aromatic carbocycles. The topological polar surface area (TPSA) is 215 Å². The fraction of sp³-hybridized carbons (Fsp3) is 0.345. The molecular weight excluding hydrogens is 588 g/mol. The van der Waals surface area contributed by atoms with E-state index in [0.29, 0.717) is 0 Å². The second-order valence-corrected chi connectivity index (χ2v) is 9.68. The second-order valence-electron chi connectivity index (χ2n) is 9.68. The molecule has 1 aliphatic rings. The zero-order valence-corrected chi connectivity index (χ0v) is 23.8. The van der Waals surface area contributed by atoms with E-state index < -0.39 is 83.9 Å². The molecule has 3 N–H and O–H groups in total. The van der Waals surface area contributed by atoms with Gasteiger partial charge in [0.1, 0.15) is 40.9 Å². The van der Waals surface area contributed by atoms with Crippen LogP contribution in [0.15, 0.2) is 45.6 Å². The molecule has 0 spiro atoms. The van der Waals surface area contributed by atoms with Gasteiger partial charge in [-0.1, -0.05) is 0 Å². The summed E-state index contributed by atoms with van der Waals surface area (Å²) in [6, 6.07) is 7.09. The largest absolute Gasteiger partial charge is 0.507 e. The fourth-order valence-corrected chi connectivity index (χ4v) is 4.55. The summed E-state index contributed by atoms with van der Waals surface area (Å²) in [5, 5.41) is 30.0. The van der Waals surface area contributed by atoms with Crippen molar-refractivity contribution in [1.82, 2.24) is 0 Å². The second kappa shape index (κ2) is 12.9. The van der Waals surface area contributed by atoms with E-state index in [-0.39, 0.29) is 28.0 Å². The summed E-state index contributed by atoms with van der Waals surface area (Å²) in [6.45, 7) is 3.85. The van der Waals surface area contributed by atoms with Crippen molar-refractivity contribution in [2.24, 2.45) is 0 Å². The Morgan fingerprint density at radius 2 is 1.39 bits per heavy atom. The van der Waals surface area contributed by atoms with Gasteiger partial charge in [-0.05, 0) is 18.2 Å². The third-order valence-electron chi connectivity index (χ3n) is 6.24. The van der Waals surface area contributed by atoms with Gasteiger partial charge in [0.2, 0.25) is 12.4 Å². The quantitative estimate of drug-likeness (QED) is 0.188. The molecule has 0 bridgehead atoms. The van der Waals surface area contributed by atoms with Crippen LogP contribution in [0.1, 0.15) is 27.7 Å². The summed E-state index contributed by atoms with van der Waals surface area (Å²) in [5.74, 6) is -4.82. The number of rotatable bonds is 8. The van der Waals surface area contributed by atoms with Crippen molar-refractivity contribution in [3.8, 4) is 34.3 Å². The van der Waals surface area contributed by atoms with E-state index in [2.05, 4.69) is 0 Å². The molecule has 0 saturated carbocycles. The zero-order chi connectivity index (χ0) is 32.3. The summed E-state index contributed by atoms with van der Waals surface area (Å²) in [7, 11) is 0. The first-order chi connectivity index (χ1) is 20.7. The van der Waals surface area contributed by atoms with Crippen molar-refractivity contribution in [3.63, 3.8) is 0 Å². The molecule has 0 unspecified atom stereocenters. The van der Waals surface area contributed by atoms with Crippen molar-refractivity contribution in [2.75, 3.05) is 6.61 Å². The van der Waals surface area contributed by atoms with Crippen LogP contribution < -0.4 is 10.2 Å². The average molecular weight is 617 g/mol. The maximum atomic E-state index is 12.9. The number of phenols is 3. The Kier molecular flexibility index (Phi) is 9.28. The van der Waals surface area contributed by atoms with E-state index in [1.165, 1.54) is 18.2 Å². The zero-order valence-electron chi connectivity index (χ0n) is 23.8. The van der Waals surface area contributed by atoms with Gasteiger partial charge in [0, 0.05) is 51.5 Å². The summed E-state index contributed by atoms with van der Waals surface area (Å²) < 4.78 is 38.7. The van der Waals surface area contributed by atoms with E-state index in [4.69, 9.17) is 32.8 Å². The standard InChI is InChI=1S/C29H28O15/c1-12(30)38-11-24-26(39-13(2)31)27(40-14(3)32)28(41-15(4)33)29(44-24)42-17-8-20(36)25-21(37)10-22(43-23(25)9-17)16-5-6-18(34)19(35)7-16/h5-10,24,26-29,34-36H,11H2,1-4H3/t24-,26-,27+,28-,29-/m1/s1. The summed E-state index contributed by atoms with van der Waals surface area (Å²) in [6.07, 6.45) is -7.36. The molecule has 3 aromatic rings. The molecule has 44 heavy (non-hydrogen) atoms. The molecule has 2 heterocycles. The number of fused-ring (bicyclic) bond motifs is 1. The van der Waals surface area contributed by atoms with Gasteiger partial charge >= 0.3 is 23.9 Å². The predicted molar refractivity (Wildman–Crippen MR) is 145 cm³/mol. The lowest BCUT2D eigenvalue weighted by atomic mass is 9.98. The number of ether oxygens (including phenoxy) is 6. The van der Waals surface area contributed by atoms with Crippen molar-refractivity contribution in [3.05, 3.63) is 46.6 Å². The molecule has 1 aromatic heterocycles. The third kappa shape index (κ3) is 7.18. The molecule has 0 radical (unpaired) electrons. The van der Waals surface area contributed by atoms with Crippen LogP contribution in [0.4, 0.5) is 0 Å². The van der Waals surface area contributed by atoms with Gasteiger partial charge < -0.3 is 48.2 Å². The smallest absolute Gasteiger partial charge is 0.303 e. The average Bonchev–Trinajstić information content (AvgIpc) is 2.91. The Bertz CT molecular complexity index is 1660. The van der Waals surface area contributed by atoms with Crippen LogP contribution in [0.2, 0.25) is 0 Å². The summed E-state index contributed by atoms with van der Waals surface area (Å²) in [5.41, 5.74) is -0.587. The lowest BCUT2D eigenvalue weighted by Gasteiger charge is -2.43. The highest BCUT2D eigenvalue weighted by Crippen LogP contribution is 2.36. The molecule has 0 amide bonds. The molecule has 5 atom stereocenters. The number of hydrogen-bond acceptors (Lipinski definition) is 15. The van der Waals surface area contributed by atoms with Crippen molar-refractivity contribution >= 4 is 34.8 Å². The van der Waals surface area contributed by atoms with Crippen LogP contribution in [0.3, 0.4) is 0 Å². The first kappa shape index (κ1) is 31.6. The van der Waals surface area contributed by atoms with Crippen LogP contribution in [0.25, 0.3) is 22.3 Å². The number of carbonyl (C=O) groups excluding carboxylic acids is 4. The number of phenolic OH excluding ortho intramolecular Hbond substituents is 3. The minimum absolute atomic E-state index is 0.0263. The first-order valence-electron chi connectivity index (χ1n) is 13.0. The highest BCUT2D eigenvalue weighted by Gasteiger charge is 2.53. The van der Waals surface area contributed by atoms with Crippen LogP contribution in [0, 0.1) is 0 Å². The van der Waals surface area contributed by atoms with Crippen LogP contribution in [0.5, 0.6) is 23.0 Å². The van der Waals surface area contributed by atoms with Gasteiger partial charge in [0.05, 0.1) is 0 Å². The predicted octanol–water partition coefficient (Wildman–Crippen LogP) is 2.04. The van der Waals surface area contributed by atoms with Crippen LogP contribution in [-0.2, 0) is 42.9 Å². The number of esters is 4. The van der Waals surface area contributed by atoms with Crippen LogP contribution >= 0.6 is 0 Å². The Morgan fingerprint density at radius 1 is 0.750 bits per heavy atom. The molecular formula is C29H28O15. The normalized spacial score (nSPS) is 21.2. The van der Waals surface area contributed by atoms with Crippen LogP contribution in [-0.4, -0.2) is 76.5 Å². The van der Waals surface area contributed by atoms with Gasteiger partial charge in [-0.3, -0.25) is 24.0 Å². The molecule has 0 aliphatic carbocycles. The summed E-state index contributed by atoms with van der Waals surface area (Å²) >= 11 is 0. The first-order valence-corrected chi connectivity index (χ1v) is 13.0. The van der Waals surface area contributed by atoms with Gasteiger partial charge in [-0.15, -0.1) is 0 Å². The lowest BCUT2D eigenvalue weighted by molar-refractivity contribution is -0.288. The molecule has 1 aliphatic heterocycles.